The van der Waals surface area contributed by atoms with Crippen LogP contribution >= 0.6 is 0 Å². The van der Waals surface area contributed by atoms with Gasteiger partial charge in [0.2, 0.25) is 0 Å². The largest absolute Gasteiger partial charge is 0.342 e. The number of amides is 2. The number of rotatable bonds is 2. The molecular weight excluding hydrogens is 312 g/mol. The van der Waals surface area contributed by atoms with E-state index >= 15 is 0 Å². The predicted molar refractivity (Wildman–Crippen MR) is 88.9 cm³/mol. The molecule has 6 heteroatoms. The summed E-state index contributed by atoms with van der Waals surface area (Å²) in [5.74, 6) is -0.686. The van der Waals surface area contributed by atoms with E-state index < -0.39 is 11.6 Å². The number of hydrazone groups is 1. The molecular formula is C18H17F2N3O. The zero-order valence-corrected chi connectivity index (χ0v) is 13.4. The average Bonchev–Trinajstić information content (AvgIpc) is 2.86. The zero-order chi connectivity index (χ0) is 17.3. The fraction of sp³-hybridized carbons (Fsp3) is 0.222. The molecule has 1 N–H and O–H groups in total. The molecule has 1 heterocycles. The monoisotopic (exact) mass is 329 g/mol. The van der Waals surface area contributed by atoms with Crippen molar-refractivity contribution in [1.82, 2.24) is 5.01 Å². The van der Waals surface area contributed by atoms with Crippen LogP contribution in [-0.4, -0.2) is 22.3 Å². The number of hydrogen-bond donors (Lipinski definition) is 1. The van der Waals surface area contributed by atoms with Gasteiger partial charge in [0.25, 0.3) is 0 Å². The summed E-state index contributed by atoms with van der Waals surface area (Å²) in [6, 6.07) is 11.1. The first-order chi connectivity index (χ1) is 11.3. The molecule has 0 saturated carbocycles. The molecule has 0 unspecified atom stereocenters. The highest BCUT2D eigenvalue weighted by atomic mass is 19.1. The molecule has 0 atom stereocenters. The Morgan fingerprint density at radius 2 is 1.58 bits per heavy atom. The number of carbonyl (C=O) groups is 1. The van der Waals surface area contributed by atoms with Crippen molar-refractivity contribution in [2.24, 2.45) is 5.10 Å². The van der Waals surface area contributed by atoms with Crippen LogP contribution < -0.4 is 5.32 Å². The molecule has 24 heavy (non-hydrogen) atoms. The van der Waals surface area contributed by atoms with Crippen molar-refractivity contribution in [3.05, 3.63) is 65.7 Å². The van der Waals surface area contributed by atoms with Crippen LogP contribution in [-0.2, 0) is 0 Å². The van der Waals surface area contributed by atoms with Gasteiger partial charge < -0.3 is 5.32 Å². The maximum Gasteiger partial charge on any atom is 0.342 e. The Hall–Kier alpha value is -2.76. The van der Waals surface area contributed by atoms with Crippen LogP contribution in [0.5, 0.6) is 0 Å². The number of urea groups is 1. The molecule has 4 nitrogen and oxygen atoms in total. The van der Waals surface area contributed by atoms with Crippen LogP contribution in [0.2, 0.25) is 0 Å². The minimum atomic E-state index is -0.520. The summed E-state index contributed by atoms with van der Waals surface area (Å²) in [5.41, 5.74) is 1.46. The zero-order valence-electron chi connectivity index (χ0n) is 13.4. The molecule has 0 spiro atoms. The van der Waals surface area contributed by atoms with Gasteiger partial charge in [-0.1, -0.05) is 12.1 Å². The van der Waals surface area contributed by atoms with Gasteiger partial charge in [-0.25, -0.2) is 18.6 Å². The molecule has 0 saturated heterocycles. The van der Waals surface area contributed by atoms with Gasteiger partial charge in [-0.2, -0.15) is 5.10 Å². The van der Waals surface area contributed by atoms with E-state index in [1.807, 2.05) is 13.8 Å². The first-order valence-corrected chi connectivity index (χ1v) is 7.55. The Morgan fingerprint density at radius 3 is 2.17 bits per heavy atom. The molecule has 0 aromatic heterocycles. The highest BCUT2D eigenvalue weighted by molar-refractivity contribution is 6.04. The van der Waals surface area contributed by atoms with Gasteiger partial charge in [-0.05, 0) is 55.8 Å². The summed E-state index contributed by atoms with van der Waals surface area (Å²) in [7, 11) is 0. The van der Waals surface area contributed by atoms with E-state index in [1.165, 1.54) is 41.4 Å². The van der Waals surface area contributed by atoms with Crippen LogP contribution in [0.4, 0.5) is 19.3 Å². The lowest BCUT2D eigenvalue weighted by Crippen LogP contribution is -2.43. The average molecular weight is 329 g/mol. The van der Waals surface area contributed by atoms with Crippen LogP contribution in [0, 0.1) is 11.6 Å². The third-order valence-electron chi connectivity index (χ3n) is 3.86. The maximum absolute atomic E-state index is 13.1. The number of hydrogen-bond acceptors (Lipinski definition) is 2. The van der Waals surface area contributed by atoms with Gasteiger partial charge >= 0.3 is 6.03 Å². The van der Waals surface area contributed by atoms with Crippen molar-refractivity contribution < 1.29 is 13.6 Å². The number of halogens is 2. The van der Waals surface area contributed by atoms with Gasteiger partial charge in [0.05, 0.1) is 11.3 Å². The Balaban J connectivity index is 1.81. The van der Waals surface area contributed by atoms with E-state index in [-0.39, 0.29) is 11.6 Å². The third-order valence-corrected chi connectivity index (χ3v) is 3.86. The first kappa shape index (κ1) is 16.1. The highest BCUT2D eigenvalue weighted by Crippen LogP contribution is 2.30. The molecule has 0 bridgehead atoms. The molecule has 0 aliphatic carbocycles. The van der Waals surface area contributed by atoms with Crippen molar-refractivity contribution in [2.75, 3.05) is 5.32 Å². The maximum atomic E-state index is 13.1. The lowest BCUT2D eigenvalue weighted by Gasteiger charge is -2.28. The summed E-state index contributed by atoms with van der Waals surface area (Å²) in [4.78, 5) is 12.5. The lowest BCUT2D eigenvalue weighted by molar-refractivity contribution is 0.167. The smallest absolute Gasteiger partial charge is 0.306 e. The summed E-state index contributed by atoms with van der Waals surface area (Å²) in [5, 5.41) is 8.47. The fourth-order valence-electron chi connectivity index (χ4n) is 2.61. The van der Waals surface area contributed by atoms with Crippen molar-refractivity contribution in [3.8, 4) is 0 Å². The summed E-state index contributed by atoms with van der Waals surface area (Å²) < 4.78 is 26.0. The first-order valence-electron chi connectivity index (χ1n) is 7.55. The normalized spacial score (nSPS) is 16.0. The number of benzene rings is 2. The minimum Gasteiger partial charge on any atom is -0.306 e. The van der Waals surface area contributed by atoms with Gasteiger partial charge in [0.1, 0.15) is 11.6 Å². The van der Waals surface area contributed by atoms with Crippen molar-refractivity contribution in [2.45, 2.75) is 25.8 Å². The Morgan fingerprint density at radius 1 is 1.04 bits per heavy atom. The van der Waals surface area contributed by atoms with Crippen LogP contribution in [0.15, 0.2) is 53.6 Å². The van der Waals surface area contributed by atoms with Gasteiger partial charge in [-0.3, -0.25) is 0 Å². The molecule has 2 aromatic rings. The minimum absolute atomic E-state index is 0.317. The summed E-state index contributed by atoms with van der Waals surface area (Å²) in [6.45, 7) is 3.80. The second-order valence-electron chi connectivity index (χ2n) is 6.29. The summed E-state index contributed by atoms with van der Waals surface area (Å²) in [6.07, 6.45) is 0.551. The Labute approximate surface area is 138 Å². The van der Waals surface area contributed by atoms with Crippen LogP contribution in [0.1, 0.15) is 25.8 Å². The van der Waals surface area contributed by atoms with Crippen molar-refractivity contribution in [3.63, 3.8) is 0 Å². The predicted octanol–water partition coefficient (Wildman–Crippen LogP) is 4.39. The van der Waals surface area contributed by atoms with E-state index in [4.69, 9.17) is 0 Å². The Bertz CT molecular complexity index is 783. The lowest BCUT2D eigenvalue weighted by atomic mass is 9.95. The molecule has 124 valence electrons. The number of nitrogens with zero attached hydrogens (tertiary/aromatic N) is 2. The molecule has 2 amide bonds. The van der Waals surface area contributed by atoms with Crippen LogP contribution in [0.3, 0.4) is 0 Å². The topological polar surface area (TPSA) is 44.7 Å². The van der Waals surface area contributed by atoms with E-state index in [0.717, 1.165) is 5.56 Å². The van der Waals surface area contributed by atoms with E-state index in [9.17, 15) is 13.6 Å². The summed E-state index contributed by atoms with van der Waals surface area (Å²) >= 11 is 0. The van der Waals surface area contributed by atoms with E-state index in [2.05, 4.69) is 10.4 Å². The highest BCUT2D eigenvalue weighted by Gasteiger charge is 2.38. The third kappa shape index (κ3) is 3.27. The molecule has 1 aliphatic heterocycles. The number of anilines is 1. The van der Waals surface area contributed by atoms with Crippen LogP contribution in [0.25, 0.3) is 0 Å². The number of nitrogens with one attached hydrogen (secondary N) is 1. The number of carbonyl (C=O) groups excluding carboxylic acids is 1. The standard InChI is InChI=1S/C18H17F2N3O/c1-18(2)11-16(12-3-5-13(19)6-4-12)22-23(18)17(24)21-15-9-7-14(20)8-10-15/h3-10H,11H2,1-2H3,(H,21,24). The molecule has 3 rings (SSSR count). The fourth-order valence-corrected chi connectivity index (χ4v) is 2.61. The SMILES string of the molecule is CC1(C)CC(c2ccc(F)cc2)=NN1C(=O)Nc1ccc(F)cc1. The van der Waals surface area contributed by atoms with Gasteiger partial charge in [0.15, 0.2) is 0 Å². The Kier molecular flexibility index (Phi) is 4.05. The molecule has 2 aromatic carbocycles. The molecule has 0 fully saturated rings. The second kappa shape index (κ2) is 6.03. The molecule has 0 radical (unpaired) electrons. The van der Waals surface area contributed by atoms with Crippen molar-refractivity contribution >= 4 is 17.4 Å². The quantitative estimate of drug-likeness (QED) is 0.873. The van der Waals surface area contributed by atoms with Gasteiger partial charge in [-0.15, -0.1) is 0 Å². The van der Waals surface area contributed by atoms with Gasteiger partial charge in [0, 0.05) is 12.1 Å². The van der Waals surface area contributed by atoms with E-state index in [1.54, 1.807) is 12.1 Å². The molecule has 1 aliphatic rings. The van der Waals surface area contributed by atoms with Crippen molar-refractivity contribution in [1.29, 1.82) is 0 Å². The second-order valence-corrected chi connectivity index (χ2v) is 6.29. The van der Waals surface area contributed by atoms with E-state index in [0.29, 0.717) is 17.8 Å².